The van der Waals surface area contributed by atoms with Crippen molar-refractivity contribution in [2.75, 3.05) is 5.32 Å². The molecular weight excluding hydrogens is 347 g/mol. The summed E-state index contributed by atoms with van der Waals surface area (Å²) in [4.78, 5) is 24.5. The van der Waals surface area contributed by atoms with Crippen LogP contribution in [0.25, 0.3) is 10.9 Å². The monoisotopic (exact) mass is 360 g/mol. The maximum atomic E-state index is 12.6. The van der Waals surface area contributed by atoms with Crippen molar-refractivity contribution in [1.29, 1.82) is 0 Å². The Kier molecular flexibility index (Phi) is 4.35. The fourth-order valence-electron chi connectivity index (χ4n) is 2.51. The predicted molar refractivity (Wildman–Crippen MR) is 97.4 cm³/mol. The molecule has 1 aromatic heterocycles. The Morgan fingerprint density at radius 1 is 1.08 bits per heavy atom. The van der Waals surface area contributed by atoms with Gasteiger partial charge in [0.1, 0.15) is 0 Å². The van der Waals surface area contributed by atoms with E-state index in [4.69, 9.17) is 23.2 Å². The Morgan fingerprint density at radius 2 is 1.83 bits per heavy atom. The molecule has 0 unspecified atom stereocenters. The molecule has 0 aliphatic heterocycles. The molecule has 4 nitrogen and oxygen atoms in total. The Hall–Kier alpha value is -2.30. The number of carbonyl (C=O) groups excluding carboxylic acids is 2. The Morgan fingerprint density at radius 3 is 2.50 bits per heavy atom. The maximum Gasteiger partial charge on any atom is 0.257 e. The molecule has 3 rings (SSSR count). The van der Waals surface area contributed by atoms with E-state index in [9.17, 15) is 9.59 Å². The van der Waals surface area contributed by atoms with E-state index in [0.717, 1.165) is 5.56 Å². The Labute approximate surface area is 149 Å². The second kappa shape index (κ2) is 6.30. The molecule has 0 fully saturated rings. The van der Waals surface area contributed by atoms with Crippen LogP contribution in [0.1, 0.15) is 27.6 Å². The van der Waals surface area contributed by atoms with E-state index in [2.05, 4.69) is 5.32 Å². The lowest BCUT2D eigenvalue weighted by molar-refractivity contribution is 0.0941. The summed E-state index contributed by atoms with van der Waals surface area (Å²) in [6, 6.07) is 10.4. The second-order valence-electron chi connectivity index (χ2n) is 5.51. The van der Waals surface area contributed by atoms with E-state index in [1.54, 1.807) is 30.3 Å². The normalized spacial score (nSPS) is 10.8. The van der Waals surface area contributed by atoms with Gasteiger partial charge in [0.25, 0.3) is 5.91 Å². The molecule has 0 spiro atoms. The molecule has 122 valence electrons. The van der Waals surface area contributed by atoms with Gasteiger partial charge in [0.2, 0.25) is 5.91 Å². The third-order valence-corrected chi connectivity index (χ3v) is 4.42. The van der Waals surface area contributed by atoms with Crippen LogP contribution in [-0.4, -0.2) is 16.4 Å². The minimum atomic E-state index is -0.317. The van der Waals surface area contributed by atoms with Crippen LogP contribution in [0.15, 0.2) is 42.6 Å². The molecule has 1 heterocycles. The summed E-state index contributed by atoms with van der Waals surface area (Å²) in [6.45, 7) is 3.32. The first-order chi connectivity index (χ1) is 11.4. The number of amides is 1. The van der Waals surface area contributed by atoms with Crippen LogP contribution in [0.5, 0.6) is 0 Å². The van der Waals surface area contributed by atoms with Crippen molar-refractivity contribution >= 4 is 51.6 Å². The highest BCUT2D eigenvalue weighted by Crippen LogP contribution is 2.26. The van der Waals surface area contributed by atoms with Crippen LogP contribution in [-0.2, 0) is 0 Å². The molecular formula is C18H14Cl2N2O2. The fraction of sp³-hybridized carbons (Fsp3) is 0.111. The summed E-state index contributed by atoms with van der Waals surface area (Å²) in [7, 11) is 0. The van der Waals surface area contributed by atoms with Crippen LogP contribution in [0.2, 0.25) is 10.0 Å². The topological polar surface area (TPSA) is 51.1 Å². The SMILES string of the molecule is CC(=O)n1cc(C(=O)Nc2ccc(C)c(Cl)c2)c2ccc(Cl)cc21. The zero-order chi connectivity index (χ0) is 17.4. The number of hydrogen-bond donors (Lipinski definition) is 1. The Balaban J connectivity index is 2.03. The van der Waals surface area contributed by atoms with Gasteiger partial charge in [-0.1, -0.05) is 35.3 Å². The van der Waals surface area contributed by atoms with Crippen molar-refractivity contribution in [2.45, 2.75) is 13.8 Å². The average Bonchev–Trinajstić information content (AvgIpc) is 2.90. The van der Waals surface area contributed by atoms with E-state index >= 15 is 0 Å². The molecule has 3 aromatic rings. The smallest absolute Gasteiger partial charge is 0.257 e. The number of nitrogens with one attached hydrogen (secondary N) is 1. The number of carbonyl (C=O) groups is 2. The fourth-order valence-corrected chi connectivity index (χ4v) is 2.86. The number of aromatic nitrogens is 1. The average molecular weight is 361 g/mol. The molecule has 0 atom stereocenters. The van der Waals surface area contributed by atoms with Crippen molar-refractivity contribution in [3.8, 4) is 0 Å². The zero-order valence-electron chi connectivity index (χ0n) is 13.1. The number of aryl methyl sites for hydroxylation is 1. The van der Waals surface area contributed by atoms with Crippen LogP contribution in [0.3, 0.4) is 0 Å². The predicted octanol–water partition coefficient (Wildman–Crippen LogP) is 5.17. The minimum absolute atomic E-state index is 0.195. The van der Waals surface area contributed by atoms with Crippen molar-refractivity contribution < 1.29 is 9.59 Å². The number of halogens is 2. The van der Waals surface area contributed by atoms with Gasteiger partial charge in [-0.15, -0.1) is 0 Å². The molecule has 0 aliphatic rings. The first-order valence-electron chi connectivity index (χ1n) is 7.26. The number of benzene rings is 2. The third kappa shape index (κ3) is 3.03. The lowest BCUT2D eigenvalue weighted by Gasteiger charge is -2.06. The highest BCUT2D eigenvalue weighted by molar-refractivity contribution is 6.32. The van der Waals surface area contributed by atoms with Gasteiger partial charge in [-0.2, -0.15) is 0 Å². The van der Waals surface area contributed by atoms with Gasteiger partial charge >= 0.3 is 0 Å². The minimum Gasteiger partial charge on any atom is -0.322 e. The number of fused-ring (bicyclic) bond motifs is 1. The molecule has 2 aromatic carbocycles. The number of rotatable bonds is 2. The molecule has 0 aliphatic carbocycles. The van der Waals surface area contributed by atoms with E-state index in [1.807, 2.05) is 13.0 Å². The number of hydrogen-bond acceptors (Lipinski definition) is 2. The Bertz CT molecular complexity index is 977. The molecule has 0 saturated heterocycles. The standard InChI is InChI=1S/C18H14Cl2N2O2/c1-10-3-5-13(8-16(10)20)21-18(24)15-9-22(11(2)23)17-7-12(19)4-6-14(15)17/h3-9H,1-2H3,(H,21,24). The summed E-state index contributed by atoms with van der Waals surface area (Å²) in [6.07, 6.45) is 1.52. The largest absolute Gasteiger partial charge is 0.322 e. The van der Waals surface area contributed by atoms with Crippen LogP contribution >= 0.6 is 23.2 Å². The van der Waals surface area contributed by atoms with Gasteiger partial charge < -0.3 is 5.32 Å². The van der Waals surface area contributed by atoms with Crippen molar-refractivity contribution in [1.82, 2.24) is 4.57 Å². The summed E-state index contributed by atoms with van der Waals surface area (Å²) < 4.78 is 1.41. The second-order valence-corrected chi connectivity index (χ2v) is 6.35. The number of nitrogens with zero attached hydrogens (tertiary/aromatic N) is 1. The molecule has 0 radical (unpaired) electrons. The molecule has 0 saturated carbocycles. The van der Waals surface area contributed by atoms with Crippen LogP contribution in [0, 0.1) is 6.92 Å². The molecule has 0 bridgehead atoms. The van der Waals surface area contributed by atoms with Crippen molar-refractivity contribution in [3.05, 3.63) is 63.8 Å². The first kappa shape index (κ1) is 16.6. The maximum absolute atomic E-state index is 12.6. The molecule has 1 amide bonds. The van der Waals surface area contributed by atoms with Gasteiger partial charge in [0.15, 0.2) is 0 Å². The van der Waals surface area contributed by atoms with Crippen LogP contribution < -0.4 is 5.32 Å². The van der Waals surface area contributed by atoms with E-state index in [0.29, 0.717) is 32.2 Å². The van der Waals surface area contributed by atoms with E-state index in [1.165, 1.54) is 17.7 Å². The summed E-state index contributed by atoms with van der Waals surface area (Å²) in [5, 5.41) is 4.54. The van der Waals surface area contributed by atoms with Crippen LogP contribution in [0.4, 0.5) is 5.69 Å². The quantitative estimate of drug-likeness (QED) is 0.685. The highest BCUT2D eigenvalue weighted by Gasteiger charge is 2.17. The lowest BCUT2D eigenvalue weighted by atomic mass is 10.1. The van der Waals surface area contributed by atoms with Gasteiger partial charge in [-0.3, -0.25) is 14.2 Å². The summed E-state index contributed by atoms with van der Waals surface area (Å²) >= 11 is 12.1. The molecule has 24 heavy (non-hydrogen) atoms. The molecule has 6 heteroatoms. The number of anilines is 1. The van der Waals surface area contributed by atoms with Gasteiger partial charge in [0.05, 0.1) is 11.1 Å². The van der Waals surface area contributed by atoms with E-state index < -0.39 is 0 Å². The first-order valence-corrected chi connectivity index (χ1v) is 8.01. The lowest BCUT2D eigenvalue weighted by Crippen LogP contribution is -2.12. The van der Waals surface area contributed by atoms with Crippen molar-refractivity contribution in [2.24, 2.45) is 0 Å². The third-order valence-electron chi connectivity index (χ3n) is 3.78. The summed E-state index contributed by atoms with van der Waals surface area (Å²) in [5.74, 6) is -0.512. The zero-order valence-corrected chi connectivity index (χ0v) is 14.6. The highest BCUT2D eigenvalue weighted by atomic mass is 35.5. The van der Waals surface area contributed by atoms with Gasteiger partial charge in [0, 0.05) is 34.2 Å². The van der Waals surface area contributed by atoms with Gasteiger partial charge in [-0.25, -0.2) is 0 Å². The summed E-state index contributed by atoms with van der Waals surface area (Å²) in [5.41, 5.74) is 2.52. The van der Waals surface area contributed by atoms with Gasteiger partial charge in [-0.05, 0) is 36.8 Å². The molecule has 1 N–H and O–H groups in total. The van der Waals surface area contributed by atoms with Crippen molar-refractivity contribution in [3.63, 3.8) is 0 Å². The van der Waals surface area contributed by atoms with E-state index in [-0.39, 0.29) is 11.8 Å².